The zero-order valence-corrected chi connectivity index (χ0v) is 11.1. The molecule has 0 spiro atoms. The van der Waals surface area contributed by atoms with Gasteiger partial charge in [0.25, 0.3) is 0 Å². The van der Waals surface area contributed by atoms with Crippen molar-refractivity contribution < 1.29 is 14.6 Å². The zero-order chi connectivity index (χ0) is 13.7. The van der Waals surface area contributed by atoms with Crippen molar-refractivity contribution in [3.63, 3.8) is 0 Å². The molecule has 0 aromatic heterocycles. The summed E-state index contributed by atoms with van der Waals surface area (Å²) in [4.78, 5) is 13.4. The van der Waals surface area contributed by atoms with E-state index in [1.807, 2.05) is 6.07 Å². The average Bonchev–Trinajstić information content (AvgIpc) is 2.45. The number of carboxylic acids is 1. The third-order valence-electron chi connectivity index (χ3n) is 3.35. The van der Waals surface area contributed by atoms with Crippen LogP contribution in [0.4, 0.5) is 5.69 Å². The van der Waals surface area contributed by atoms with Gasteiger partial charge in [-0.2, -0.15) is 0 Å². The lowest BCUT2D eigenvalue weighted by Crippen LogP contribution is -2.45. The molecule has 0 aliphatic carbocycles. The highest BCUT2D eigenvalue weighted by atomic mass is 16.5. The van der Waals surface area contributed by atoms with Gasteiger partial charge in [0.1, 0.15) is 0 Å². The first-order valence-electron chi connectivity index (χ1n) is 6.61. The van der Waals surface area contributed by atoms with Crippen molar-refractivity contribution in [2.75, 3.05) is 38.1 Å². The first kappa shape index (κ1) is 13.8. The molecule has 1 saturated heterocycles. The Hall–Kier alpha value is -1.59. The predicted molar refractivity (Wildman–Crippen MR) is 73.7 cm³/mol. The van der Waals surface area contributed by atoms with Crippen LogP contribution in [0.15, 0.2) is 24.3 Å². The zero-order valence-electron chi connectivity index (χ0n) is 11.1. The number of para-hydroxylation sites is 1. The van der Waals surface area contributed by atoms with Gasteiger partial charge in [0.15, 0.2) is 0 Å². The SMILES string of the molecule is CCN1CCOC(CNc2ccccc2C(=O)O)C1. The molecule has 0 radical (unpaired) electrons. The number of ether oxygens (including phenoxy) is 1. The fraction of sp³-hybridized carbons (Fsp3) is 0.500. The molecule has 5 nitrogen and oxygen atoms in total. The van der Waals surface area contributed by atoms with Crippen molar-refractivity contribution in [2.24, 2.45) is 0 Å². The highest BCUT2D eigenvalue weighted by molar-refractivity contribution is 5.94. The minimum Gasteiger partial charge on any atom is -0.478 e. The van der Waals surface area contributed by atoms with E-state index in [1.54, 1.807) is 18.2 Å². The van der Waals surface area contributed by atoms with E-state index in [2.05, 4.69) is 17.1 Å². The van der Waals surface area contributed by atoms with Gasteiger partial charge in [-0.15, -0.1) is 0 Å². The molecule has 19 heavy (non-hydrogen) atoms. The summed E-state index contributed by atoms with van der Waals surface area (Å²) in [6.45, 7) is 6.38. The quantitative estimate of drug-likeness (QED) is 0.844. The van der Waals surface area contributed by atoms with E-state index >= 15 is 0 Å². The molecule has 1 aliphatic rings. The van der Waals surface area contributed by atoms with Gasteiger partial charge in [-0.1, -0.05) is 19.1 Å². The van der Waals surface area contributed by atoms with Crippen LogP contribution >= 0.6 is 0 Å². The molecule has 0 saturated carbocycles. The molecular weight excluding hydrogens is 244 g/mol. The third-order valence-corrected chi connectivity index (χ3v) is 3.35. The molecule has 1 unspecified atom stereocenters. The third kappa shape index (κ3) is 3.68. The van der Waals surface area contributed by atoms with Gasteiger partial charge >= 0.3 is 5.97 Å². The Morgan fingerprint density at radius 2 is 2.32 bits per heavy atom. The largest absolute Gasteiger partial charge is 0.478 e. The minimum absolute atomic E-state index is 0.107. The molecule has 1 fully saturated rings. The van der Waals surface area contributed by atoms with Crippen LogP contribution in [0.25, 0.3) is 0 Å². The van der Waals surface area contributed by atoms with E-state index in [0.717, 1.165) is 26.2 Å². The van der Waals surface area contributed by atoms with Crippen LogP contribution in [0.2, 0.25) is 0 Å². The lowest BCUT2D eigenvalue weighted by atomic mass is 10.1. The summed E-state index contributed by atoms with van der Waals surface area (Å²) in [5.41, 5.74) is 0.942. The van der Waals surface area contributed by atoms with Crippen molar-refractivity contribution in [3.8, 4) is 0 Å². The highest BCUT2D eigenvalue weighted by Crippen LogP contribution is 2.15. The topological polar surface area (TPSA) is 61.8 Å². The number of aromatic carboxylic acids is 1. The molecule has 5 heteroatoms. The first-order valence-corrected chi connectivity index (χ1v) is 6.61. The van der Waals surface area contributed by atoms with Crippen molar-refractivity contribution in [1.29, 1.82) is 0 Å². The first-order chi connectivity index (χ1) is 9.20. The van der Waals surface area contributed by atoms with Crippen molar-refractivity contribution in [1.82, 2.24) is 4.90 Å². The minimum atomic E-state index is -0.914. The van der Waals surface area contributed by atoms with Gasteiger partial charge in [0.05, 0.1) is 18.3 Å². The number of carboxylic acid groups (broad SMARTS) is 1. The van der Waals surface area contributed by atoms with Gasteiger partial charge in [0.2, 0.25) is 0 Å². The van der Waals surface area contributed by atoms with Crippen LogP contribution in [-0.2, 0) is 4.74 Å². The summed E-state index contributed by atoms with van der Waals surface area (Å²) in [7, 11) is 0. The Morgan fingerprint density at radius 3 is 3.05 bits per heavy atom. The van der Waals surface area contributed by atoms with E-state index in [-0.39, 0.29) is 6.10 Å². The van der Waals surface area contributed by atoms with E-state index in [9.17, 15) is 4.79 Å². The summed E-state index contributed by atoms with van der Waals surface area (Å²) >= 11 is 0. The number of anilines is 1. The molecule has 1 heterocycles. The maximum absolute atomic E-state index is 11.1. The fourth-order valence-electron chi connectivity index (χ4n) is 2.24. The molecule has 2 N–H and O–H groups in total. The number of nitrogens with one attached hydrogen (secondary N) is 1. The van der Waals surface area contributed by atoms with Gasteiger partial charge in [-0.05, 0) is 18.7 Å². The lowest BCUT2D eigenvalue weighted by molar-refractivity contribution is -0.0191. The predicted octanol–water partition coefficient (Wildman–Crippen LogP) is 1.52. The van der Waals surface area contributed by atoms with Crippen molar-refractivity contribution >= 4 is 11.7 Å². The Labute approximate surface area is 113 Å². The lowest BCUT2D eigenvalue weighted by Gasteiger charge is -2.32. The second-order valence-corrected chi connectivity index (χ2v) is 4.62. The van der Waals surface area contributed by atoms with E-state index in [4.69, 9.17) is 9.84 Å². The number of morpholine rings is 1. The summed E-state index contributed by atoms with van der Waals surface area (Å²) < 4.78 is 5.68. The molecule has 1 aromatic rings. The van der Waals surface area contributed by atoms with Crippen molar-refractivity contribution in [2.45, 2.75) is 13.0 Å². The number of carbonyl (C=O) groups is 1. The second kappa shape index (κ2) is 6.54. The molecule has 1 atom stereocenters. The molecule has 0 bridgehead atoms. The smallest absolute Gasteiger partial charge is 0.337 e. The summed E-state index contributed by atoms with van der Waals surface area (Å²) in [6, 6.07) is 6.94. The van der Waals surface area contributed by atoms with E-state index in [0.29, 0.717) is 17.8 Å². The van der Waals surface area contributed by atoms with Crippen LogP contribution in [0.5, 0.6) is 0 Å². The highest BCUT2D eigenvalue weighted by Gasteiger charge is 2.19. The maximum Gasteiger partial charge on any atom is 0.337 e. The number of benzene rings is 1. The van der Waals surface area contributed by atoms with Crippen molar-refractivity contribution in [3.05, 3.63) is 29.8 Å². The van der Waals surface area contributed by atoms with Crippen LogP contribution in [0.3, 0.4) is 0 Å². The number of hydrogen-bond acceptors (Lipinski definition) is 4. The van der Waals surface area contributed by atoms with Gasteiger partial charge in [-0.3, -0.25) is 4.90 Å². The molecule has 104 valence electrons. The number of rotatable bonds is 5. The Kier molecular flexibility index (Phi) is 4.76. The molecule has 1 aromatic carbocycles. The fourth-order valence-corrected chi connectivity index (χ4v) is 2.24. The van der Waals surface area contributed by atoms with Gasteiger partial charge < -0.3 is 15.2 Å². The van der Waals surface area contributed by atoms with Crippen LogP contribution < -0.4 is 5.32 Å². The maximum atomic E-state index is 11.1. The number of likely N-dealkylation sites (N-methyl/N-ethyl adjacent to an activating group) is 1. The van der Waals surface area contributed by atoms with Crippen LogP contribution in [0.1, 0.15) is 17.3 Å². The Morgan fingerprint density at radius 1 is 1.53 bits per heavy atom. The Bertz CT molecular complexity index is 436. The number of nitrogens with zero attached hydrogens (tertiary/aromatic N) is 1. The molecule has 2 rings (SSSR count). The van der Waals surface area contributed by atoms with Crippen LogP contribution in [0, 0.1) is 0 Å². The van der Waals surface area contributed by atoms with E-state index < -0.39 is 5.97 Å². The summed E-state index contributed by atoms with van der Waals surface area (Å²) in [5, 5.41) is 12.3. The van der Waals surface area contributed by atoms with E-state index in [1.165, 1.54) is 0 Å². The normalized spacial score (nSPS) is 20.2. The Balaban J connectivity index is 1.93. The number of hydrogen-bond donors (Lipinski definition) is 2. The van der Waals surface area contributed by atoms with Gasteiger partial charge in [0, 0.05) is 25.3 Å². The standard InChI is InChI=1S/C14H20N2O3/c1-2-16-7-8-19-11(10-16)9-15-13-6-4-3-5-12(13)14(17)18/h3-6,11,15H,2,7-10H2,1H3,(H,17,18). The summed E-state index contributed by atoms with van der Waals surface area (Å²) in [6.07, 6.45) is 0.107. The molecule has 1 aliphatic heterocycles. The van der Waals surface area contributed by atoms with Gasteiger partial charge in [-0.25, -0.2) is 4.79 Å². The van der Waals surface area contributed by atoms with Crippen LogP contribution in [-0.4, -0.2) is 54.9 Å². The molecular formula is C14H20N2O3. The monoisotopic (exact) mass is 264 g/mol. The second-order valence-electron chi connectivity index (χ2n) is 4.62. The molecule has 0 amide bonds. The summed E-state index contributed by atoms with van der Waals surface area (Å²) in [5.74, 6) is -0.914. The average molecular weight is 264 g/mol.